The first kappa shape index (κ1) is 17.2. The van der Waals surface area contributed by atoms with E-state index >= 15 is 0 Å². The maximum atomic E-state index is 12.2. The first-order valence-electron chi connectivity index (χ1n) is 6.93. The number of rotatable bonds is 2. The zero-order valence-electron chi connectivity index (χ0n) is 13.4. The average Bonchev–Trinajstić information content (AvgIpc) is 2.74. The molecule has 0 atom stereocenters. The second-order valence-electron chi connectivity index (χ2n) is 6.07. The van der Waals surface area contributed by atoms with Crippen LogP contribution in [0.25, 0.3) is 0 Å². The van der Waals surface area contributed by atoms with Gasteiger partial charge in [0.05, 0.1) is 30.8 Å². The summed E-state index contributed by atoms with van der Waals surface area (Å²) in [7, 11) is 1.21. The fraction of sp³-hybridized carbons (Fsp3) is 0.571. The second-order valence-corrected chi connectivity index (χ2v) is 7.03. The molecule has 0 bridgehead atoms. The Bertz CT molecular complexity index is 712. The molecule has 0 unspecified atom stereocenters. The predicted molar refractivity (Wildman–Crippen MR) is 81.6 cm³/mol. The highest BCUT2D eigenvalue weighted by Crippen LogP contribution is 2.23. The highest BCUT2D eigenvalue weighted by Gasteiger charge is 2.34. The van der Waals surface area contributed by atoms with E-state index in [1.165, 1.54) is 16.6 Å². The zero-order chi connectivity index (χ0) is 17.4. The molecular formula is C14H18N2O6S. The van der Waals surface area contributed by atoms with Crippen molar-refractivity contribution < 1.29 is 23.9 Å². The van der Waals surface area contributed by atoms with Crippen LogP contribution in [-0.2, 0) is 27.4 Å². The Kier molecular flexibility index (Phi) is 4.60. The summed E-state index contributed by atoms with van der Waals surface area (Å²) in [4.78, 5) is 48.8. The largest absolute Gasteiger partial charge is 0.468 e. The molecule has 126 valence electrons. The van der Waals surface area contributed by atoms with Crippen LogP contribution in [0, 0.1) is 0 Å². The molecule has 0 fully saturated rings. The SMILES string of the molecule is COC(=O)Cn1c2c(sc1=O)C(=O)CN(C(=O)OC(C)(C)C)C2. The van der Waals surface area contributed by atoms with Gasteiger partial charge in [-0.25, -0.2) is 4.79 Å². The second kappa shape index (κ2) is 6.15. The van der Waals surface area contributed by atoms with Gasteiger partial charge < -0.3 is 9.47 Å². The number of fused-ring (bicyclic) bond motifs is 1. The number of carbonyl (C=O) groups is 3. The molecule has 1 aromatic heterocycles. The number of aromatic nitrogens is 1. The maximum absolute atomic E-state index is 12.2. The number of amides is 1. The van der Waals surface area contributed by atoms with E-state index in [0.29, 0.717) is 5.69 Å². The molecule has 23 heavy (non-hydrogen) atoms. The summed E-state index contributed by atoms with van der Waals surface area (Å²) in [6.45, 7) is 4.75. The maximum Gasteiger partial charge on any atom is 0.411 e. The van der Waals surface area contributed by atoms with Crippen LogP contribution in [0.15, 0.2) is 4.79 Å². The standard InChI is InChI=1S/C14H18N2O6S/c1-14(2,3)22-12(19)15-5-8-11(9(17)6-15)23-13(20)16(8)7-10(18)21-4/h5-7H2,1-4H3. The Hall–Kier alpha value is -2.16. The normalized spacial score (nSPS) is 14.4. The predicted octanol–water partition coefficient (Wildman–Crippen LogP) is 1.02. The summed E-state index contributed by atoms with van der Waals surface area (Å²) in [5, 5.41) is 0. The quantitative estimate of drug-likeness (QED) is 0.745. The summed E-state index contributed by atoms with van der Waals surface area (Å²) in [5.74, 6) is -0.947. The number of esters is 1. The molecule has 1 aliphatic heterocycles. The summed E-state index contributed by atoms with van der Waals surface area (Å²) in [5.41, 5.74) is -0.353. The zero-order valence-corrected chi connectivity index (χ0v) is 14.2. The number of carbonyl (C=O) groups excluding carboxylic acids is 3. The van der Waals surface area contributed by atoms with Gasteiger partial charge in [-0.2, -0.15) is 0 Å². The fourth-order valence-corrected chi connectivity index (χ4v) is 3.03. The van der Waals surface area contributed by atoms with E-state index in [2.05, 4.69) is 4.74 Å². The Morgan fingerprint density at radius 3 is 2.43 bits per heavy atom. The van der Waals surface area contributed by atoms with E-state index < -0.39 is 22.5 Å². The molecule has 0 aromatic carbocycles. The highest BCUT2D eigenvalue weighted by atomic mass is 32.1. The van der Waals surface area contributed by atoms with Crippen molar-refractivity contribution in [2.75, 3.05) is 13.7 Å². The molecule has 0 aliphatic carbocycles. The Balaban J connectivity index is 2.31. The van der Waals surface area contributed by atoms with E-state index in [4.69, 9.17) is 4.74 Å². The van der Waals surface area contributed by atoms with Crippen LogP contribution in [0.1, 0.15) is 36.1 Å². The lowest BCUT2D eigenvalue weighted by molar-refractivity contribution is -0.141. The van der Waals surface area contributed by atoms with Gasteiger partial charge in [0.15, 0.2) is 5.78 Å². The van der Waals surface area contributed by atoms with Crippen molar-refractivity contribution in [1.82, 2.24) is 9.47 Å². The van der Waals surface area contributed by atoms with Gasteiger partial charge in [0.2, 0.25) is 0 Å². The van der Waals surface area contributed by atoms with Crippen molar-refractivity contribution in [3.8, 4) is 0 Å². The van der Waals surface area contributed by atoms with Crippen molar-refractivity contribution >= 4 is 29.2 Å². The van der Waals surface area contributed by atoms with Crippen molar-refractivity contribution in [3.05, 3.63) is 20.2 Å². The number of ether oxygens (including phenoxy) is 2. The van der Waals surface area contributed by atoms with Crippen molar-refractivity contribution in [2.24, 2.45) is 0 Å². The van der Waals surface area contributed by atoms with Gasteiger partial charge in [-0.1, -0.05) is 11.3 Å². The molecule has 0 saturated heterocycles. The van der Waals surface area contributed by atoms with Crippen LogP contribution >= 0.6 is 11.3 Å². The summed E-state index contributed by atoms with van der Waals surface area (Å²) in [6.07, 6.45) is -0.639. The molecule has 0 radical (unpaired) electrons. The van der Waals surface area contributed by atoms with E-state index in [0.717, 1.165) is 11.3 Å². The number of hydrogen-bond acceptors (Lipinski definition) is 7. The Morgan fingerprint density at radius 1 is 1.22 bits per heavy atom. The lowest BCUT2D eigenvalue weighted by atomic mass is 10.1. The third-order valence-electron chi connectivity index (χ3n) is 3.09. The topological polar surface area (TPSA) is 94.9 Å². The van der Waals surface area contributed by atoms with Gasteiger partial charge in [-0.05, 0) is 20.8 Å². The van der Waals surface area contributed by atoms with Crippen LogP contribution in [0.5, 0.6) is 0 Å². The van der Waals surface area contributed by atoms with Crippen LogP contribution in [0.4, 0.5) is 4.79 Å². The summed E-state index contributed by atoms with van der Waals surface area (Å²) >= 11 is 0.776. The third kappa shape index (κ3) is 3.79. The number of ketones is 1. The van der Waals surface area contributed by atoms with Gasteiger partial charge >= 0.3 is 16.9 Å². The van der Waals surface area contributed by atoms with Gasteiger partial charge in [0.1, 0.15) is 12.1 Å². The summed E-state index contributed by atoms with van der Waals surface area (Å²) in [6, 6.07) is 0. The van der Waals surface area contributed by atoms with E-state index in [1.807, 2.05) is 0 Å². The monoisotopic (exact) mass is 342 g/mol. The third-order valence-corrected chi connectivity index (χ3v) is 4.16. The lowest BCUT2D eigenvalue weighted by Crippen LogP contribution is -2.43. The molecule has 0 saturated carbocycles. The van der Waals surface area contributed by atoms with Crippen molar-refractivity contribution in [1.29, 1.82) is 0 Å². The molecule has 1 amide bonds. The van der Waals surface area contributed by atoms with E-state index in [-0.39, 0.29) is 30.3 Å². The first-order chi connectivity index (χ1) is 10.6. The number of hydrogen-bond donors (Lipinski definition) is 0. The molecule has 8 nitrogen and oxygen atoms in total. The van der Waals surface area contributed by atoms with Gasteiger partial charge in [-0.3, -0.25) is 23.9 Å². The van der Waals surface area contributed by atoms with Gasteiger partial charge in [0.25, 0.3) is 0 Å². The van der Waals surface area contributed by atoms with Crippen LogP contribution in [0.2, 0.25) is 0 Å². The molecule has 0 N–H and O–H groups in total. The Labute approximate surface area is 136 Å². The number of nitrogens with zero attached hydrogens (tertiary/aromatic N) is 2. The van der Waals surface area contributed by atoms with Crippen molar-refractivity contribution in [3.63, 3.8) is 0 Å². The smallest absolute Gasteiger partial charge is 0.411 e. The van der Waals surface area contributed by atoms with E-state index in [9.17, 15) is 19.2 Å². The number of thiazole rings is 1. The minimum absolute atomic E-state index is 0.0335. The summed E-state index contributed by atoms with van der Waals surface area (Å²) < 4.78 is 11.0. The molecule has 0 spiro atoms. The van der Waals surface area contributed by atoms with Crippen LogP contribution in [-0.4, -0.2) is 46.6 Å². The minimum Gasteiger partial charge on any atom is -0.468 e. The van der Waals surface area contributed by atoms with Crippen molar-refractivity contribution in [2.45, 2.75) is 39.5 Å². The van der Waals surface area contributed by atoms with Gasteiger partial charge in [0, 0.05) is 0 Å². The van der Waals surface area contributed by atoms with Crippen LogP contribution < -0.4 is 4.87 Å². The Morgan fingerprint density at radius 2 is 1.87 bits per heavy atom. The molecular weight excluding hydrogens is 324 g/mol. The molecule has 1 aliphatic rings. The molecule has 2 heterocycles. The number of methoxy groups -OCH3 is 1. The van der Waals surface area contributed by atoms with E-state index in [1.54, 1.807) is 20.8 Å². The molecule has 2 rings (SSSR count). The van der Waals surface area contributed by atoms with Crippen LogP contribution in [0.3, 0.4) is 0 Å². The molecule has 1 aromatic rings. The van der Waals surface area contributed by atoms with Gasteiger partial charge in [-0.15, -0.1) is 0 Å². The fourth-order valence-electron chi connectivity index (χ4n) is 2.10. The minimum atomic E-state index is -0.694. The molecule has 9 heteroatoms. The first-order valence-corrected chi connectivity index (χ1v) is 7.74. The number of Topliss-reactive ketones (excluding diaryl/α,β-unsaturated/α-hetero) is 1. The lowest BCUT2D eigenvalue weighted by Gasteiger charge is -2.29. The highest BCUT2D eigenvalue weighted by molar-refractivity contribution is 7.11. The average molecular weight is 342 g/mol.